The molecular weight excluding hydrogens is 132 g/mol. The van der Waals surface area contributed by atoms with Crippen LogP contribution in [-0.4, -0.2) is 25.0 Å². The van der Waals surface area contributed by atoms with Gasteiger partial charge in [-0.05, 0) is 13.8 Å². The van der Waals surface area contributed by atoms with Gasteiger partial charge >= 0.3 is 0 Å². The summed E-state index contributed by atoms with van der Waals surface area (Å²) in [6.45, 7) is 5.01. The quantitative estimate of drug-likeness (QED) is 0.390. The Labute approximate surface area is 60.6 Å². The van der Waals surface area contributed by atoms with Crippen LogP contribution in [-0.2, 0) is 9.47 Å². The lowest BCUT2D eigenvalue weighted by Gasteiger charge is -2.34. The molecule has 1 aliphatic heterocycles. The van der Waals surface area contributed by atoms with Crippen LogP contribution in [0.1, 0.15) is 13.8 Å². The Bertz CT molecular complexity index is 106. The van der Waals surface area contributed by atoms with E-state index in [1.807, 2.05) is 13.8 Å². The second kappa shape index (κ2) is 2.84. The third kappa shape index (κ3) is 1.91. The van der Waals surface area contributed by atoms with E-state index in [1.165, 1.54) is 0 Å². The van der Waals surface area contributed by atoms with Crippen molar-refractivity contribution in [3.8, 4) is 0 Å². The molecule has 0 aromatic heterocycles. The summed E-state index contributed by atoms with van der Waals surface area (Å²) in [5, 5.41) is 0. The van der Waals surface area contributed by atoms with Crippen molar-refractivity contribution < 1.29 is 9.47 Å². The van der Waals surface area contributed by atoms with Gasteiger partial charge in [0.05, 0.1) is 19.3 Å². The topological polar surface area (TPSA) is 56.5 Å². The van der Waals surface area contributed by atoms with Gasteiger partial charge in [0.2, 0.25) is 0 Å². The maximum absolute atomic E-state index is 5.30. The van der Waals surface area contributed by atoms with Crippen molar-refractivity contribution in [1.82, 2.24) is 5.43 Å². The van der Waals surface area contributed by atoms with E-state index in [-0.39, 0.29) is 6.04 Å². The van der Waals surface area contributed by atoms with Gasteiger partial charge in [-0.1, -0.05) is 0 Å². The maximum atomic E-state index is 5.30. The first-order valence-electron chi connectivity index (χ1n) is 3.38. The van der Waals surface area contributed by atoms with Crippen LogP contribution in [0.5, 0.6) is 0 Å². The molecule has 1 heterocycles. The van der Waals surface area contributed by atoms with Gasteiger partial charge in [-0.3, -0.25) is 11.3 Å². The van der Waals surface area contributed by atoms with Gasteiger partial charge in [-0.15, -0.1) is 0 Å². The zero-order chi connectivity index (χ0) is 7.61. The van der Waals surface area contributed by atoms with Crippen LogP contribution in [0.4, 0.5) is 0 Å². The first-order chi connectivity index (χ1) is 4.64. The van der Waals surface area contributed by atoms with Gasteiger partial charge in [0.1, 0.15) is 0 Å². The Balaban J connectivity index is 2.31. The highest BCUT2D eigenvalue weighted by Crippen LogP contribution is 2.16. The molecule has 0 atom stereocenters. The molecule has 0 amide bonds. The lowest BCUT2D eigenvalue weighted by Crippen LogP contribution is -2.50. The van der Waals surface area contributed by atoms with Gasteiger partial charge < -0.3 is 9.47 Å². The van der Waals surface area contributed by atoms with Crippen molar-refractivity contribution in [2.75, 3.05) is 13.2 Å². The number of hydrogen-bond donors (Lipinski definition) is 2. The van der Waals surface area contributed by atoms with E-state index in [9.17, 15) is 0 Å². The molecule has 60 valence electrons. The Hall–Kier alpha value is -0.160. The summed E-state index contributed by atoms with van der Waals surface area (Å²) < 4.78 is 10.6. The van der Waals surface area contributed by atoms with E-state index in [0.717, 1.165) is 0 Å². The van der Waals surface area contributed by atoms with Crippen molar-refractivity contribution in [3.63, 3.8) is 0 Å². The molecule has 0 aromatic rings. The number of rotatable bonds is 1. The van der Waals surface area contributed by atoms with Crippen LogP contribution in [0.25, 0.3) is 0 Å². The molecule has 0 aliphatic carbocycles. The predicted octanol–water partition coefficient (Wildman–Crippen LogP) is -0.399. The zero-order valence-corrected chi connectivity index (χ0v) is 6.39. The summed E-state index contributed by atoms with van der Waals surface area (Å²) >= 11 is 0. The van der Waals surface area contributed by atoms with Crippen molar-refractivity contribution in [3.05, 3.63) is 0 Å². The van der Waals surface area contributed by atoms with Gasteiger partial charge in [0.15, 0.2) is 5.79 Å². The molecule has 1 aliphatic rings. The van der Waals surface area contributed by atoms with Crippen molar-refractivity contribution in [2.45, 2.75) is 25.7 Å². The molecule has 1 fully saturated rings. The molecule has 0 radical (unpaired) electrons. The molecule has 4 nitrogen and oxygen atoms in total. The largest absolute Gasteiger partial charge is 0.349 e. The van der Waals surface area contributed by atoms with E-state index in [2.05, 4.69) is 5.43 Å². The highest BCUT2D eigenvalue weighted by molar-refractivity contribution is 4.70. The third-order valence-electron chi connectivity index (χ3n) is 1.50. The predicted molar refractivity (Wildman–Crippen MR) is 37.1 cm³/mol. The Morgan fingerprint density at radius 3 is 2.30 bits per heavy atom. The molecule has 0 bridgehead atoms. The van der Waals surface area contributed by atoms with Gasteiger partial charge in [-0.25, -0.2) is 0 Å². The van der Waals surface area contributed by atoms with Crippen LogP contribution in [0.3, 0.4) is 0 Å². The number of nitrogens with two attached hydrogens (primary N) is 1. The average molecular weight is 146 g/mol. The minimum Gasteiger partial charge on any atom is -0.349 e. The van der Waals surface area contributed by atoms with Crippen LogP contribution in [0.2, 0.25) is 0 Å². The van der Waals surface area contributed by atoms with E-state index in [0.29, 0.717) is 13.2 Å². The number of hydrazine groups is 1. The van der Waals surface area contributed by atoms with E-state index in [4.69, 9.17) is 15.3 Å². The van der Waals surface area contributed by atoms with E-state index in [1.54, 1.807) is 0 Å². The fourth-order valence-electron chi connectivity index (χ4n) is 0.789. The molecule has 4 heteroatoms. The van der Waals surface area contributed by atoms with Crippen LogP contribution < -0.4 is 11.3 Å². The molecule has 0 aromatic carbocycles. The normalized spacial score (nSPS) is 26.7. The number of nitrogens with one attached hydrogen (secondary N) is 1. The lowest BCUT2D eigenvalue weighted by atomic mass is 10.3. The zero-order valence-electron chi connectivity index (χ0n) is 6.39. The lowest BCUT2D eigenvalue weighted by molar-refractivity contribution is -0.252. The minimum atomic E-state index is -0.437. The number of ether oxygens (including phenoxy) is 2. The van der Waals surface area contributed by atoms with E-state index < -0.39 is 5.79 Å². The standard InChI is InChI=1S/C6H14N2O2/c1-6(2)9-3-5(8-7)4-10-6/h5,8H,3-4,7H2,1-2H3. The van der Waals surface area contributed by atoms with Gasteiger partial charge in [0, 0.05) is 0 Å². The van der Waals surface area contributed by atoms with Crippen molar-refractivity contribution in [2.24, 2.45) is 5.84 Å². The molecule has 1 rings (SSSR count). The third-order valence-corrected chi connectivity index (χ3v) is 1.50. The maximum Gasteiger partial charge on any atom is 0.162 e. The summed E-state index contributed by atoms with van der Waals surface area (Å²) in [5.41, 5.74) is 2.59. The summed E-state index contributed by atoms with van der Waals surface area (Å²) in [6, 6.07) is 0.132. The first kappa shape index (κ1) is 7.94. The highest BCUT2D eigenvalue weighted by Gasteiger charge is 2.27. The monoisotopic (exact) mass is 146 g/mol. The molecule has 0 saturated carbocycles. The second-order valence-electron chi connectivity index (χ2n) is 2.89. The summed E-state index contributed by atoms with van der Waals surface area (Å²) in [6.07, 6.45) is 0. The Morgan fingerprint density at radius 1 is 1.40 bits per heavy atom. The SMILES string of the molecule is CC1(C)OCC(NN)CO1. The smallest absolute Gasteiger partial charge is 0.162 e. The summed E-state index contributed by atoms with van der Waals surface area (Å²) in [4.78, 5) is 0. The molecule has 3 N–H and O–H groups in total. The van der Waals surface area contributed by atoms with E-state index >= 15 is 0 Å². The minimum absolute atomic E-state index is 0.132. The van der Waals surface area contributed by atoms with Gasteiger partial charge in [-0.2, -0.15) is 0 Å². The summed E-state index contributed by atoms with van der Waals surface area (Å²) in [7, 11) is 0. The Kier molecular flexibility index (Phi) is 2.25. The van der Waals surface area contributed by atoms with Gasteiger partial charge in [0.25, 0.3) is 0 Å². The molecule has 10 heavy (non-hydrogen) atoms. The van der Waals surface area contributed by atoms with Crippen LogP contribution >= 0.6 is 0 Å². The molecule has 0 spiro atoms. The molecule has 1 saturated heterocycles. The first-order valence-corrected chi connectivity index (χ1v) is 3.38. The molecule has 0 unspecified atom stereocenters. The Morgan fingerprint density at radius 2 is 1.90 bits per heavy atom. The highest BCUT2D eigenvalue weighted by atomic mass is 16.7. The van der Waals surface area contributed by atoms with Crippen molar-refractivity contribution in [1.29, 1.82) is 0 Å². The van der Waals surface area contributed by atoms with Crippen molar-refractivity contribution >= 4 is 0 Å². The average Bonchev–Trinajstić information content (AvgIpc) is 1.88. The number of hydrogen-bond acceptors (Lipinski definition) is 4. The van der Waals surface area contributed by atoms with Crippen LogP contribution in [0, 0.1) is 0 Å². The molecular formula is C6H14N2O2. The second-order valence-corrected chi connectivity index (χ2v) is 2.89. The summed E-state index contributed by atoms with van der Waals surface area (Å²) in [5.74, 6) is 4.74. The fraction of sp³-hybridized carbons (Fsp3) is 1.00. The fourth-order valence-corrected chi connectivity index (χ4v) is 0.789. The van der Waals surface area contributed by atoms with Crippen LogP contribution in [0.15, 0.2) is 0 Å².